The van der Waals surface area contributed by atoms with Gasteiger partial charge in [-0.25, -0.2) is 17.6 Å². The Kier molecular flexibility index (Phi) is 14.0. The predicted octanol–water partition coefficient (Wildman–Crippen LogP) is 7.18. The van der Waals surface area contributed by atoms with E-state index in [9.17, 15) is 23.2 Å². The first kappa shape index (κ1) is 44.0. The normalized spacial score (nSPS) is 19.1. The first-order valence-electron chi connectivity index (χ1n) is 21.4. The van der Waals surface area contributed by atoms with E-state index in [1.165, 1.54) is 21.9 Å². The van der Waals surface area contributed by atoms with Crippen LogP contribution in [-0.2, 0) is 24.3 Å². The number of aromatic nitrogens is 1. The number of aromatic amines is 1. The first-order chi connectivity index (χ1) is 29.5. The minimum Gasteiger partial charge on any atom is -0.394 e. The smallest absolute Gasteiger partial charge is 0.254 e. The fourth-order valence-electron chi connectivity index (χ4n) is 9.83. The average Bonchev–Trinajstić information content (AvgIpc) is 3.83. The standard InChI is InChI=1S/C44H50F4N6O3.C3H7N/c1-3-6-32(26-56)50(2)44(57)36-16-29-23-51(22-28(29)15-30(36)25-55)19-27-20-54(21-27)31-9-12-52(13-10-31)33-17-37(45)41(38(46)18-33)43-42-35(11-14-53(43)24-40(47)48)34-7-4-5-8-39(34)49-42;1-3-4-2/h4-5,7-8,15-18,25-27,31-32,40,43,49H,3,6,9-14,19-24H2,1-2H3;3-4H,1H2,2H3/t32?,43-;/m1./s1. The van der Waals surface area contributed by atoms with Crippen LogP contribution in [0.15, 0.2) is 61.3 Å². The number of benzene rings is 3. The number of carbonyl (C=O) groups excluding carboxylic acids is 3. The number of para-hydroxylation sites is 1. The van der Waals surface area contributed by atoms with E-state index in [4.69, 9.17) is 0 Å². The van der Waals surface area contributed by atoms with E-state index < -0.39 is 36.7 Å². The van der Waals surface area contributed by atoms with Crippen LogP contribution in [0.2, 0.25) is 0 Å². The number of piperidine rings is 1. The van der Waals surface area contributed by atoms with Crippen molar-refractivity contribution in [2.75, 3.05) is 64.8 Å². The zero-order chi connectivity index (χ0) is 43.4. The molecule has 326 valence electrons. The number of H-pyrrole nitrogens is 1. The van der Waals surface area contributed by atoms with Gasteiger partial charge in [-0.05, 0) is 84.8 Å². The number of halogens is 4. The highest BCUT2D eigenvalue weighted by Crippen LogP contribution is 2.42. The number of carbonyl (C=O) groups is 3. The van der Waals surface area contributed by atoms with Gasteiger partial charge in [0.05, 0.1) is 24.2 Å². The minimum absolute atomic E-state index is 0.199. The molecule has 0 saturated carbocycles. The topological polar surface area (TPSA) is 95.2 Å². The number of likely N-dealkylation sites (tertiary alicyclic amines) is 1. The summed E-state index contributed by atoms with van der Waals surface area (Å²) >= 11 is 0. The molecule has 0 bridgehead atoms. The number of amides is 1. The molecule has 1 aromatic heterocycles. The van der Waals surface area contributed by atoms with Crippen LogP contribution in [0.1, 0.15) is 87.3 Å². The second-order valence-corrected chi connectivity index (χ2v) is 16.9. The molecule has 14 heteroatoms. The van der Waals surface area contributed by atoms with E-state index in [-0.39, 0.29) is 18.0 Å². The maximum atomic E-state index is 16.1. The number of hydrogen-bond donors (Lipinski definition) is 2. The molecule has 61 heavy (non-hydrogen) atoms. The number of nitrogens with zero attached hydrogens (tertiary/aromatic N) is 5. The summed E-state index contributed by atoms with van der Waals surface area (Å²) in [4.78, 5) is 50.1. The van der Waals surface area contributed by atoms with Crippen molar-refractivity contribution in [1.82, 2.24) is 29.9 Å². The molecule has 0 spiro atoms. The zero-order valence-electron chi connectivity index (χ0n) is 35.3. The molecule has 2 fully saturated rings. The third-order valence-electron chi connectivity index (χ3n) is 13.0. The van der Waals surface area contributed by atoms with E-state index in [2.05, 4.69) is 26.7 Å². The Morgan fingerprint density at radius 3 is 2.31 bits per heavy atom. The molecule has 4 aromatic rings. The SMILES string of the molecule is C=CNC.CCCC(C=O)N(C)C(=O)c1cc2c(cc1C=O)CN(CC1CN(C3CCN(c4cc(F)c([C@@H]5c6[nH]c7ccccc7c6CCN5CC(F)F)c(F)c4)CC3)C1)C2. The van der Waals surface area contributed by atoms with Crippen LogP contribution in [0.25, 0.3) is 10.9 Å². The van der Waals surface area contributed by atoms with Gasteiger partial charge < -0.3 is 24.9 Å². The lowest BCUT2D eigenvalue weighted by molar-refractivity contribution is -0.111. The lowest BCUT2D eigenvalue weighted by Crippen LogP contribution is -2.57. The molecule has 4 aliphatic rings. The maximum Gasteiger partial charge on any atom is 0.254 e. The van der Waals surface area contributed by atoms with Crippen molar-refractivity contribution in [2.45, 2.75) is 76.7 Å². The summed E-state index contributed by atoms with van der Waals surface area (Å²) in [6.45, 7) is 10.5. The van der Waals surface area contributed by atoms with Gasteiger partial charge in [-0.15, -0.1) is 0 Å². The highest BCUT2D eigenvalue weighted by atomic mass is 19.3. The third-order valence-corrected chi connectivity index (χ3v) is 13.0. The highest BCUT2D eigenvalue weighted by molar-refractivity contribution is 6.02. The molecule has 1 amide bonds. The largest absolute Gasteiger partial charge is 0.394 e. The van der Waals surface area contributed by atoms with Crippen molar-refractivity contribution in [3.63, 3.8) is 0 Å². The molecular weight excluding hydrogens is 787 g/mol. The van der Waals surface area contributed by atoms with Gasteiger partial charge in [0.1, 0.15) is 17.9 Å². The van der Waals surface area contributed by atoms with E-state index in [1.807, 2.05) is 55.3 Å². The van der Waals surface area contributed by atoms with Crippen molar-refractivity contribution in [3.05, 3.63) is 112 Å². The Hall–Kier alpha value is -5.05. The van der Waals surface area contributed by atoms with Crippen LogP contribution in [0.3, 0.4) is 0 Å². The fraction of sp³-hybridized carbons (Fsp3) is 0.468. The van der Waals surface area contributed by atoms with Crippen LogP contribution < -0.4 is 10.2 Å². The molecule has 8 rings (SSSR count). The van der Waals surface area contributed by atoms with Crippen LogP contribution in [0.5, 0.6) is 0 Å². The monoisotopic (exact) mass is 843 g/mol. The molecule has 2 saturated heterocycles. The van der Waals surface area contributed by atoms with Crippen molar-refractivity contribution < 1.29 is 31.9 Å². The van der Waals surface area contributed by atoms with Gasteiger partial charge in [-0.1, -0.05) is 38.1 Å². The zero-order valence-corrected chi connectivity index (χ0v) is 35.3. The number of rotatable bonds is 14. The van der Waals surface area contributed by atoms with E-state index >= 15 is 8.78 Å². The summed E-state index contributed by atoms with van der Waals surface area (Å²) in [6, 6.07) is 12.9. The number of aldehydes is 2. The maximum absolute atomic E-state index is 16.1. The van der Waals surface area contributed by atoms with Gasteiger partial charge in [0.2, 0.25) is 0 Å². The molecule has 0 aliphatic carbocycles. The molecule has 10 nitrogen and oxygen atoms in total. The summed E-state index contributed by atoms with van der Waals surface area (Å²) in [5.41, 5.74) is 5.35. The Morgan fingerprint density at radius 2 is 1.69 bits per heavy atom. The molecule has 2 atom stereocenters. The Bertz CT molecular complexity index is 2190. The van der Waals surface area contributed by atoms with Gasteiger partial charge in [-0.3, -0.25) is 24.3 Å². The molecular formula is C47H57F4N7O3. The summed E-state index contributed by atoms with van der Waals surface area (Å²) in [5.74, 6) is -1.29. The van der Waals surface area contributed by atoms with Crippen LogP contribution in [-0.4, -0.2) is 121 Å². The number of hydrogen-bond acceptors (Lipinski definition) is 8. The Labute approximate surface area is 355 Å². The van der Waals surface area contributed by atoms with Gasteiger partial charge in [0, 0.05) is 106 Å². The number of alkyl halides is 2. The predicted molar refractivity (Wildman–Crippen MR) is 230 cm³/mol. The summed E-state index contributed by atoms with van der Waals surface area (Å²) in [7, 11) is 3.42. The van der Waals surface area contributed by atoms with Crippen molar-refractivity contribution in [2.24, 2.45) is 5.92 Å². The lowest BCUT2D eigenvalue weighted by Gasteiger charge is -2.48. The number of fused-ring (bicyclic) bond motifs is 4. The second kappa shape index (κ2) is 19.3. The van der Waals surface area contributed by atoms with Crippen molar-refractivity contribution in [1.29, 1.82) is 0 Å². The Balaban J connectivity index is 0.00000134. The third kappa shape index (κ3) is 9.27. The number of likely N-dealkylation sites (N-methyl/N-ethyl adjacent to an activating group) is 1. The van der Waals surface area contributed by atoms with Gasteiger partial charge in [-0.2, -0.15) is 0 Å². The Morgan fingerprint density at radius 1 is 1.02 bits per heavy atom. The van der Waals surface area contributed by atoms with E-state index in [1.54, 1.807) is 13.2 Å². The number of anilines is 1. The van der Waals surface area contributed by atoms with Crippen LogP contribution in [0.4, 0.5) is 23.2 Å². The quantitative estimate of drug-likeness (QED) is 0.102. The van der Waals surface area contributed by atoms with E-state index in [0.717, 1.165) is 79.1 Å². The molecule has 0 radical (unpaired) electrons. The average molecular weight is 844 g/mol. The van der Waals surface area contributed by atoms with Crippen molar-refractivity contribution >= 4 is 35.1 Å². The van der Waals surface area contributed by atoms with E-state index in [0.29, 0.717) is 73.5 Å². The lowest BCUT2D eigenvalue weighted by atomic mass is 9.91. The molecule has 5 heterocycles. The molecule has 4 aliphatic heterocycles. The van der Waals surface area contributed by atoms with Crippen LogP contribution in [0, 0.1) is 17.6 Å². The molecule has 3 aromatic carbocycles. The first-order valence-corrected chi connectivity index (χ1v) is 21.4. The number of nitrogens with one attached hydrogen (secondary N) is 2. The molecule has 1 unspecified atom stereocenters. The van der Waals surface area contributed by atoms with Crippen molar-refractivity contribution in [3.8, 4) is 0 Å². The molecule has 2 N–H and O–H groups in total. The summed E-state index contributed by atoms with van der Waals surface area (Å²) in [5, 5.41) is 3.64. The van der Waals surface area contributed by atoms with Gasteiger partial charge in [0.25, 0.3) is 12.3 Å². The highest BCUT2D eigenvalue weighted by Gasteiger charge is 2.39. The minimum atomic E-state index is -2.64. The second-order valence-electron chi connectivity index (χ2n) is 16.9. The summed E-state index contributed by atoms with van der Waals surface area (Å²) < 4.78 is 59.7. The van der Waals surface area contributed by atoms with Gasteiger partial charge in [0.15, 0.2) is 6.29 Å². The fourth-order valence-corrected chi connectivity index (χ4v) is 9.83. The van der Waals surface area contributed by atoms with Gasteiger partial charge >= 0.3 is 0 Å². The summed E-state index contributed by atoms with van der Waals surface area (Å²) in [6.07, 6.45) is 4.05. The van der Waals surface area contributed by atoms with Crippen LogP contribution >= 0.6 is 0 Å².